The maximum Gasteiger partial charge on any atom is 0.270 e. The Labute approximate surface area is 275 Å². The second kappa shape index (κ2) is 13.0. The van der Waals surface area contributed by atoms with E-state index in [1.54, 1.807) is 19.3 Å². The predicted molar refractivity (Wildman–Crippen MR) is 184 cm³/mol. The summed E-state index contributed by atoms with van der Waals surface area (Å²) in [6, 6.07) is 24.1. The molecule has 1 unspecified atom stereocenters. The van der Waals surface area contributed by atoms with Crippen LogP contribution in [0.25, 0.3) is 22.3 Å². The number of rotatable bonds is 9. The van der Waals surface area contributed by atoms with Crippen LogP contribution in [0.3, 0.4) is 0 Å². The van der Waals surface area contributed by atoms with E-state index >= 15 is 0 Å². The second-order valence-corrected chi connectivity index (χ2v) is 12.9. The number of hydrogen-bond acceptors (Lipinski definition) is 5. The van der Waals surface area contributed by atoms with E-state index in [4.69, 9.17) is 0 Å². The minimum Gasteiger partial charge on any atom is -0.338 e. The Bertz CT molecular complexity index is 1900. The Morgan fingerprint density at radius 3 is 2.45 bits per heavy atom. The fourth-order valence-corrected chi connectivity index (χ4v) is 7.09. The molecule has 3 heterocycles. The van der Waals surface area contributed by atoms with Crippen molar-refractivity contribution in [2.75, 3.05) is 18.4 Å². The Hall–Kier alpha value is -5.02. The van der Waals surface area contributed by atoms with E-state index in [1.165, 1.54) is 27.8 Å². The van der Waals surface area contributed by atoms with Crippen LogP contribution in [0.15, 0.2) is 79.0 Å². The second-order valence-electron chi connectivity index (χ2n) is 12.9. The molecule has 0 radical (unpaired) electrons. The van der Waals surface area contributed by atoms with Gasteiger partial charge in [0.2, 0.25) is 5.91 Å². The third kappa shape index (κ3) is 6.36. The summed E-state index contributed by atoms with van der Waals surface area (Å²) < 4.78 is 1.53. The first kappa shape index (κ1) is 30.6. The van der Waals surface area contributed by atoms with Crippen LogP contribution in [0.1, 0.15) is 63.7 Å². The summed E-state index contributed by atoms with van der Waals surface area (Å²) >= 11 is 0. The molecule has 0 saturated carbocycles. The van der Waals surface area contributed by atoms with Crippen LogP contribution in [0.2, 0.25) is 0 Å². The number of aromatic amines is 1. The van der Waals surface area contributed by atoms with E-state index in [0.717, 1.165) is 72.5 Å². The lowest BCUT2D eigenvalue weighted by atomic mass is 9.77. The van der Waals surface area contributed by atoms with Crippen molar-refractivity contribution >= 4 is 17.5 Å². The first-order valence-corrected chi connectivity index (χ1v) is 16.5. The molecule has 9 heteroatoms. The summed E-state index contributed by atoms with van der Waals surface area (Å²) in [5.41, 5.74) is 11.0. The molecule has 0 bridgehead atoms. The van der Waals surface area contributed by atoms with Gasteiger partial charge in [-0.05, 0) is 110 Å². The highest BCUT2D eigenvalue weighted by Crippen LogP contribution is 2.38. The number of anilines is 1. The molecular formula is C38H41N7O2. The molecule has 47 heavy (non-hydrogen) atoms. The average molecular weight is 628 g/mol. The summed E-state index contributed by atoms with van der Waals surface area (Å²) in [5, 5.41) is 17.8. The van der Waals surface area contributed by atoms with E-state index in [0.29, 0.717) is 11.4 Å². The number of nitrogens with zero attached hydrogens (tertiary/aromatic N) is 4. The lowest BCUT2D eigenvalue weighted by Gasteiger charge is -2.33. The van der Waals surface area contributed by atoms with Crippen molar-refractivity contribution in [2.45, 2.75) is 58.0 Å². The van der Waals surface area contributed by atoms with Gasteiger partial charge in [0.15, 0.2) is 0 Å². The van der Waals surface area contributed by atoms with E-state index < -0.39 is 6.04 Å². The van der Waals surface area contributed by atoms with E-state index in [9.17, 15) is 9.59 Å². The molecular weight excluding hydrogens is 586 g/mol. The number of nitrogens with one attached hydrogen (secondary N) is 3. The van der Waals surface area contributed by atoms with Gasteiger partial charge in [-0.1, -0.05) is 48.5 Å². The number of H-pyrrole nitrogens is 1. The standard InChI is InChI=1S/C38H41N7O2/c1-24-35(25(2)43-42-24)28-13-15-31(16-14-28)40-38(47)36(41-37(46)34-17-18-39-44(34)3)32-10-5-8-27-11-12-30(22-33(27)32)29-9-4-7-26(21-29)23-45-19-6-20-45/h4,7,9,11-18,21-22,32,36H,5-6,8,10,19-20,23H2,1-3H3,(H,40,47)(H,41,46)(H,42,43)/t32-,36?/m1/s1. The lowest BCUT2D eigenvalue weighted by molar-refractivity contribution is -0.118. The third-order valence-corrected chi connectivity index (χ3v) is 9.72. The quantitative estimate of drug-likeness (QED) is 0.182. The van der Waals surface area contributed by atoms with Crippen LogP contribution < -0.4 is 10.6 Å². The van der Waals surface area contributed by atoms with Crippen molar-refractivity contribution in [1.29, 1.82) is 0 Å². The normalized spacial score (nSPS) is 16.6. The number of benzene rings is 3. The van der Waals surface area contributed by atoms with Gasteiger partial charge >= 0.3 is 0 Å². The SMILES string of the molecule is Cc1n[nH]c(C)c1-c1ccc(NC(=O)C(NC(=O)c2ccnn2C)[C@@H]2CCCc3ccc(-c4cccc(CN5CCC5)c4)cc32)cc1. The summed E-state index contributed by atoms with van der Waals surface area (Å²) in [5.74, 6) is -0.771. The lowest BCUT2D eigenvalue weighted by Crippen LogP contribution is -2.48. The largest absolute Gasteiger partial charge is 0.338 e. The number of carbonyl (C=O) groups is 2. The summed E-state index contributed by atoms with van der Waals surface area (Å²) in [6.45, 7) is 7.25. The Morgan fingerprint density at radius 1 is 0.957 bits per heavy atom. The number of carbonyl (C=O) groups excluding carboxylic acids is 2. The molecule has 0 spiro atoms. The molecule has 1 saturated heterocycles. The zero-order valence-electron chi connectivity index (χ0n) is 27.2. The first-order valence-electron chi connectivity index (χ1n) is 16.5. The number of aryl methyl sites for hydroxylation is 4. The van der Waals surface area contributed by atoms with Gasteiger partial charge in [-0.15, -0.1) is 0 Å². The van der Waals surface area contributed by atoms with E-state index in [2.05, 4.69) is 73.3 Å². The van der Waals surface area contributed by atoms with Crippen molar-refractivity contribution < 1.29 is 9.59 Å². The first-order chi connectivity index (χ1) is 22.8. The van der Waals surface area contributed by atoms with Gasteiger partial charge in [-0.2, -0.15) is 10.2 Å². The van der Waals surface area contributed by atoms with Crippen LogP contribution in [-0.4, -0.2) is 55.8 Å². The number of fused-ring (bicyclic) bond motifs is 1. The van der Waals surface area contributed by atoms with Crippen LogP contribution in [0.5, 0.6) is 0 Å². The average Bonchev–Trinajstić information content (AvgIpc) is 3.65. The highest BCUT2D eigenvalue weighted by atomic mass is 16.2. The molecule has 2 aliphatic rings. The zero-order valence-corrected chi connectivity index (χ0v) is 27.2. The monoisotopic (exact) mass is 627 g/mol. The van der Waals surface area contributed by atoms with Crippen molar-refractivity contribution in [3.05, 3.63) is 113 Å². The zero-order chi connectivity index (χ0) is 32.5. The molecule has 1 aliphatic carbocycles. The van der Waals surface area contributed by atoms with Gasteiger partial charge in [0.1, 0.15) is 11.7 Å². The van der Waals surface area contributed by atoms with Crippen LogP contribution >= 0.6 is 0 Å². The molecule has 240 valence electrons. The Balaban J connectivity index is 1.19. The fourth-order valence-electron chi connectivity index (χ4n) is 7.09. The maximum absolute atomic E-state index is 14.2. The molecule has 3 aromatic carbocycles. The maximum atomic E-state index is 14.2. The molecule has 5 aromatic rings. The molecule has 9 nitrogen and oxygen atoms in total. The van der Waals surface area contributed by atoms with Crippen LogP contribution in [-0.2, 0) is 24.8 Å². The van der Waals surface area contributed by atoms with E-state index in [-0.39, 0.29) is 17.7 Å². The smallest absolute Gasteiger partial charge is 0.270 e. The molecule has 2 amide bonds. The summed E-state index contributed by atoms with van der Waals surface area (Å²) in [4.78, 5) is 30.2. The van der Waals surface area contributed by atoms with Gasteiger partial charge in [0.25, 0.3) is 5.91 Å². The number of aromatic nitrogens is 4. The number of amides is 2. The molecule has 3 N–H and O–H groups in total. The minimum atomic E-state index is -0.789. The highest BCUT2D eigenvalue weighted by molar-refractivity contribution is 6.01. The third-order valence-electron chi connectivity index (χ3n) is 9.72. The Kier molecular flexibility index (Phi) is 8.47. The molecule has 7 rings (SSSR count). The van der Waals surface area contributed by atoms with Crippen molar-refractivity contribution in [1.82, 2.24) is 30.2 Å². The molecule has 2 aromatic heterocycles. The molecule has 1 aliphatic heterocycles. The van der Waals surface area contributed by atoms with Crippen molar-refractivity contribution in [3.63, 3.8) is 0 Å². The summed E-state index contributed by atoms with van der Waals surface area (Å²) in [7, 11) is 1.73. The summed E-state index contributed by atoms with van der Waals surface area (Å²) in [6.07, 6.45) is 5.53. The fraction of sp³-hybridized carbons (Fsp3) is 0.316. The number of likely N-dealkylation sites (tertiary alicyclic amines) is 1. The minimum absolute atomic E-state index is 0.198. The van der Waals surface area contributed by atoms with E-state index in [1.807, 2.05) is 38.1 Å². The predicted octanol–water partition coefficient (Wildman–Crippen LogP) is 6.16. The van der Waals surface area contributed by atoms with Crippen molar-refractivity contribution in [3.8, 4) is 22.3 Å². The van der Waals surface area contributed by atoms with Gasteiger partial charge in [-0.25, -0.2) is 0 Å². The van der Waals surface area contributed by atoms with Gasteiger partial charge in [-0.3, -0.25) is 24.3 Å². The molecule has 2 atom stereocenters. The highest BCUT2D eigenvalue weighted by Gasteiger charge is 2.35. The topological polar surface area (TPSA) is 108 Å². The van der Waals surface area contributed by atoms with Gasteiger partial charge in [0, 0.05) is 42.7 Å². The number of hydrogen-bond donors (Lipinski definition) is 3. The Morgan fingerprint density at radius 2 is 1.74 bits per heavy atom. The van der Waals surface area contributed by atoms with Crippen molar-refractivity contribution in [2.24, 2.45) is 7.05 Å². The van der Waals surface area contributed by atoms with Crippen LogP contribution in [0.4, 0.5) is 5.69 Å². The van der Waals surface area contributed by atoms with Gasteiger partial charge in [0.05, 0.1) is 5.69 Å². The van der Waals surface area contributed by atoms with Crippen LogP contribution in [0, 0.1) is 13.8 Å². The van der Waals surface area contributed by atoms with Gasteiger partial charge < -0.3 is 10.6 Å². The molecule has 1 fully saturated rings.